The topological polar surface area (TPSA) is 47.9 Å². The average molecular weight is 391 g/mol. The number of benzene rings is 2. The van der Waals surface area contributed by atoms with Crippen LogP contribution < -0.4 is 5.32 Å². The van der Waals surface area contributed by atoms with Crippen LogP contribution in [-0.2, 0) is 4.79 Å². The fourth-order valence-electron chi connectivity index (χ4n) is 3.34. The van der Waals surface area contributed by atoms with Gasteiger partial charge in [-0.25, -0.2) is 13.8 Å². The Morgan fingerprint density at radius 3 is 2.56 bits per heavy atom. The molecular formula is C19H17ClF2N4O. The number of carbonyl (C=O) groups excluding carboxylic acids is 1. The van der Waals surface area contributed by atoms with Gasteiger partial charge in [-0.05, 0) is 24.3 Å². The van der Waals surface area contributed by atoms with Gasteiger partial charge in [0.25, 0.3) is 0 Å². The first-order valence-electron chi connectivity index (χ1n) is 8.57. The van der Waals surface area contributed by atoms with Gasteiger partial charge in [0.2, 0.25) is 5.91 Å². The maximum Gasteiger partial charge on any atom is 0.219 e. The standard InChI is InChI=1S/C19H17ClF2N4O/c1-11(27)25-4-6-26(7-5-25)19-13-3-2-12(21)8-16(13)23-18-10-15(22)14(20)9-17(18)24-19/h2-3,8-10,23H,4-7H2,1H3. The number of nitrogens with one attached hydrogen (secondary N) is 1. The van der Waals surface area contributed by atoms with Crippen molar-refractivity contribution in [2.24, 2.45) is 4.99 Å². The molecule has 2 aromatic rings. The number of amides is 1. The predicted octanol–water partition coefficient (Wildman–Crippen LogP) is 3.92. The number of piperazine rings is 1. The van der Waals surface area contributed by atoms with E-state index in [0.717, 1.165) is 0 Å². The molecule has 0 atom stereocenters. The van der Waals surface area contributed by atoms with Crippen molar-refractivity contribution in [3.63, 3.8) is 0 Å². The molecule has 2 heterocycles. The van der Waals surface area contributed by atoms with Crippen LogP contribution in [0, 0.1) is 11.6 Å². The van der Waals surface area contributed by atoms with Crippen molar-refractivity contribution in [2.75, 3.05) is 31.5 Å². The van der Waals surface area contributed by atoms with E-state index in [-0.39, 0.29) is 10.9 Å². The minimum absolute atomic E-state index is 0.0304. The molecule has 1 amide bonds. The maximum absolute atomic E-state index is 13.9. The molecule has 0 bridgehead atoms. The number of hydrogen-bond donors (Lipinski definition) is 1. The van der Waals surface area contributed by atoms with E-state index >= 15 is 0 Å². The second-order valence-corrected chi connectivity index (χ2v) is 6.93. The number of halogens is 3. The van der Waals surface area contributed by atoms with Crippen LogP contribution in [0.3, 0.4) is 0 Å². The molecule has 0 saturated carbocycles. The zero-order valence-electron chi connectivity index (χ0n) is 14.6. The summed E-state index contributed by atoms with van der Waals surface area (Å²) in [5.41, 5.74) is 2.10. The zero-order chi connectivity index (χ0) is 19.1. The van der Waals surface area contributed by atoms with Gasteiger partial charge >= 0.3 is 0 Å². The fraction of sp³-hybridized carbons (Fsp3) is 0.263. The van der Waals surface area contributed by atoms with E-state index in [4.69, 9.17) is 16.6 Å². The van der Waals surface area contributed by atoms with E-state index in [1.165, 1.54) is 24.3 Å². The van der Waals surface area contributed by atoms with E-state index in [2.05, 4.69) is 5.32 Å². The van der Waals surface area contributed by atoms with Crippen molar-refractivity contribution >= 4 is 40.4 Å². The SMILES string of the molecule is CC(=O)N1CCN(C2=Nc3cc(Cl)c(F)cc3Nc3cc(F)ccc32)CC1. The first-order valence-corrected chi connectivity index (χ1v) is 8.95. The molecule has 2 aliphatic heterocycles. The van der Waals surface area contributed by atoms with Crippen LogP contribution >= 0.6 is 11.6 Å². The summed E-state index contributed by atoms with van der Waals surface area (Å²) in [6.45, 7) is 3.90. The number of carbonyl (C=O) groups is 1. The minimum atomic E-state index is -0.574. The number of fused-ring (bicyclic) bond motifs is 2. The molecule has 1 N–H and O–H groups in total. The van der Waals surface area contributed by atoms with Crippen molar-refractivity contribution in [1.29, 1.82) is 0 Å². The van der Waals surface area contributed by atoms with Gasteiger partial charge in [0.1, 0.15) is 17.5 Å². The first-order chi connectivity index (χ1) is 12.9. The lowest BCUT2D eigenvalue weighted by atomic mass is 10.1. The molecular weight excluding hydrogens is 374 g/mol. The smallest absolute Gasteiger partial charge is 0.219 e. The van der Waals surface area contributed by atoms with E-state index in [1.807, 2.05) is 4.90 Å². The van der Waals surface area contributed by atoms with E-state index in [0.29, 0.717) is 54.6 Å². The van der Waals surface area contributed by atoms with Crippen molar-refractivity contribution < 1.29 is 13.6 Å². The highest BCUT2D eigenvalue weighted by molar-refractivity contribution is 6.31. The van der Waals surface area contributed by atoms with Gasteiger partial charge in [-0.15, -0.1) is 0 Å². The number of amidine groups is 1. The molecule has 0 aromatic heterocycles. The number of rotatable bonds is 0. The molecule has 0 aliphatic carbocycles. The monoisotopic (exact) mass is 390 g/mol. The summed E-state index contributed by atoms with van der Waals surface area (Å²) >= 11 is 5.93. The van der Waals surface area contributed by atoms with Gasteiger partial charge < -0.3 is 15.1 Å². The van der Waals surface area contributed by atoms with Gasteiger partial charge in [-0.1, -0.05) is 11.6 Å². The normalized spacial score (nSPS) is 16.1. The molecule has 1 saturated heterocycles. The Balaban J connectivity index is 1.79. The summed E-state index contributed by atoms with van der Waals surface area (Å²) in [7, 11) is 0. The second kappa shape index (κ2) is 6.81. The highest BCUT2D eigenvalue weighted by atomic mass is 35.5. The first kappa shape index (κ1) is 17.7. The van der Waals surface area contributed by atoms with Crippen molar-refractivity contribution in [2.45, 2.75) is 6.92 Å². The van der Waals surface area contributed by atoms with Crippen molar-refractivity contribution in [3.8, 4) is 0 Å². The Morgan fingerprint density at radius 1 is 1.11 bits per heavy atom. The summed E-state index contributed by atoms with van der Waals surface area (Å²) in [6.07, 6.45) is 0. The third-order valence-corrected chi connectivity index (χ3v) is 5.07. The Morgan fingerprint density at radius 2 is 1.85 bits per heavy atom. The van der Waals surface area contributed by atoms with Gasteiger partial charge in [0.15, 0.2) is 0 Å². The van der Waals surface area contributed by atoms with Gasteiger partial charge in [-0.3, -0.25) is 4.79 Å². The summed E-state index contributed by atoms with van der Waals surface area (Å²) in [6, 6.07) is 7.08. The molecule has 1 fully saturated rings. The van der Waals surface area contributed by atoms with Crippen LogP contribution in [0.5, 0.6) is 0 Å². The van der Waals surface area contributed by atoms with Gasteiger partial charge in [0.05, 0.1) is 22.1 Å². The zero-order valence-corrected chi connectivity index (χ0v) is 15.4. The highest BCUT2D eigenvalue weighted by Crippen LogP contribution is 2.38. The van der Waals surface area contributed by atoms with E-state index in [1.54, 1.807) is 17.9 Å². The highest BCUT2D eigenvalue weighted by Gasteiger charge is 2.26. The Hall–Kier alpha value is -2.67. The average Bonchev–Trinajstić information content (AvgIpc) is 2.78. The molecule has 2 aliphatic rings. The number of hydrogen-bond acceptors (Lipinski definition) is 4. The largest absolute Gasteiger partial charge is 0.353 e. The fourth-order valence-corrected chi connectivity index (χ4v) is 3.50. The second-order valence-electron chi connectivity index (χ2n) is 6.53. The summed E-state index contributed by atoms with van der Waals surface area (Å²) < 4.78 is 27.7. The number of anilines is 2. The van der Waals surface area contributed by atoms with Gasteiger partial charge in [-0.2, -0.15) is 0 Å². The lowest BCUT2D eigenvalue weighted by Gasteiger charge is -2.36. The molecule has 8 heteroatoms. The molecule has 0 radical (unpaired) electrons. The third kappa shape index (κ3) is 3.35. The summed E-state index contributed by atoms with van der Waals surface area (Å²) in [5.74, 6) is -0.300. The molecule has 0 spiro atoms. The molecule has 0 unspecified atom stereocenters. The predicted molar refractivity (Wildman–Crippen MR) is 101 cm³/mol. The van der Waals surface area contributed by atoms with Crippen LogP contribution in [0.25, 0.3) is 0 Å². The van der Waals surface area contributed by atoms with Crippen LogP contribution in [0.2, 0.25) is 5.02 Å². The minimum Gasteiger partial charge on any atom is -0.353 e. The lowest BCUT2D eigenvalue weighted by molar-refractivity contribution is -0.130. The number of nitrogens with zero attached hydrogens (tertiary/aromatic N) is 3. The van der Waals surface area contributed by atoms with E-state index < -0.39 is 11.6 Å². The Labute approximate surface area is 160 Å². The number of aliphatic imine (C=N–C) groups is 1. The Kier molecular flexibility index (Phi) is 4.47. The molecule has 140 valence electrons. The maximum atomic E-state index is 13.9. The molecule has 27 heavy (non-hydrogen) atoms. The summed E-state index contributed by atoms with van der Waals surface area (Å²) in [4.78, 5) is 20.1. The lowest BCUT2D eigenvalue weighted by Crippen LogP contribution is -2.50. The van der Waals surface area contributed by atoms with Crippen LogP contribution in [0.4, 0.5) is 25.8 Å². The summed E-state index contributed by atoms with van der Waals surface area (Å²) in [5, 5.41) is 3.03. The van der Waals surface area contributed by atoms with Crippen molar-refractivity contribution in [1.82, 2.24) is 9.80 Å². The van der Waals surface area contributed by atoms with Crippen LogP contribution in [0.1, 0.15) is 12.5 Å². The van der Waals surface area contributed by atoms with Crippen molar-refractivity contribution in [3.05, 3.63) is 52.6 Å². The third-order valence-electron chi connectivity index (χ3n) is 4.78. The Bertz CT molecular complexity index is 955. The molecule has 5 nitrogen and oxygen atoms in total. The molecule has 4 rings (SSSR count). The van der Waals surface area contributed by atoms with E-state index in [9.17, 15) is 13.6 Å². The van der Waals surface area contributed by atoms with Crippen LogP contribution in [0.15, 0.2) is 35.3 Å². The molecule has 2 aromatic carbocycles. The van der Waals surface area contributed by atoms with Crippen LogP contribution in [-0.4, -0.2) is 47.7 Å². The van der Waals surface area contributed by atoms with Gasteiger partial charge in [0, 0.05) is 44.7 Å². The quantitative estimate of drug-likeness (QED) is 0.741.